The van der Waals surface area contributed by atoms with Crippen molar-refractivity contribution < 1.29 is 4.79 Å². The Morgan fingerprint density at radius 3 is 2.74 bits per heavy atom. The number of nitrogens with one attached hydrogen (secondary N) is 2. The van der Waals surface area contributed by atoms with Crippen molar-refractivity contribution in [1.82, 2.24) is 14.8 Å². The van der Waals surface area contributed by atoms with Gasteiger partial charge >= 0.3 is 0 Å². The van der Waals surface area contributed by atoms with E-state index in [2.05, 4.69) is 33.6 Å². The Bertz CT molecular complexity index is 1060. The van der Waals surface area contributed by atoms with Crippen LogP contribution in [0.25, 0.3) is 10.9 Å². The van der Waals surface area contributed by atoms with E-state index in [1.54, 1.807) is 0 Å². The van der Waals surface area contributed by atoms with Crippen LogP contribution in [0.5, 0.6) is 0 Å². The molecule has 0 fully saturated rings. The first-order chi connectivity index (χ1) is 13.2. The second kappa shape index (κ2) is 7.50. The summed E-state index contributed by atoms with van der Waals surface area (Å²) in [5.74, 6) is 0.731. The Balaban J connectivity index is 1.42. The monoisotopic (exact) mass is 358 g/mol. The van der Waals surface area contributed by atoms with Gasteiger partial charge in [0.2, 0.25) is 5.91 Å². The van der Waals surface area contributed by atoms with E-state index in [1.165, 1.54) is 5.39 Å². The molecule has 0 spiro atoms. The van der Waals surface area contributed by atoms with E-state index in [0.717, 1.165) is 28.2 Å². The van der Waals surface area contributed by atoms with E-state index >= 15 is 0 Å². The zero-order valence-corrected chi connectivity index (χ0v) is 15.3. The van der Waals surface area contributed by atoms with Crippen LogP contribution in [-0.2, 0) is 17.8 Å². The average molecular weight is 358 g/mol. The molecule has 0 bridgehead atoms. The number of nitrogens with zero attached hydrogens (tertiary/aromatic N) is 2. The lowest BCUT2D eigenvalue weighted by molar-refractivity contribution is -0.116. The molecule has 27 heavy (non-hydrogen) atoms. The predicted molar refractivity (Wildman–Crippen MR) is 108 cm³/mol. The molecule has 0 aliphatic carbocycles. The number of anilines is 1. The van der Waals surface area contributed by atoms with E-state index in [-0.39, 0.29) is 5.91 Å². The Hall–Kier alpha value is -3.34. The number of hydrogen-bond acceptors (Lipinski definition) is 2. The number of aromatic nitrogens is 3. The van der Waals surface area contributed by atoms with E-state index < -0.39 is 0 Å². The number of rotatable bonds is 6. The topological polar surface area (TPSA) is 62.7 Å². The molecule has 2 aromatic heterocycles. The number of aromatic amines is 1. The van der Waals surface area contributed by atoms with Gasteiger partial charge in [0.15, 0.2) is 0 Å². The lowest BCUT2D eigenvalue weighted by Crippen LogP contribution is -2.16. The first-order valence-electron chi connectivity index (χ1n) is 9.12. The molecule has 5 heteroatoms. The van der Waals surface area contributed by atoms with E-state index in [0.29, 0.717) is 19.4 Å². The zero-order valence-electron chi connectivity index (χ0n) is 15.3. The fraction of sp³-hybridized carbons (Fsp3) is 0.182. The highest BCUT2D eigenvalue weighted by atomic mass is 16.1. The van der Waals surface area contributed by atoms with Gasteiger partial charge in [-0.2, -0.15) is 5.10 Å². The fourth-order valence-corrected chi connectivity index (χ4v) is 3.32. The van der Waals surface area contributed by atoms with Gasteiger partial charge in [-0.25, -0.2) is 4.68 Å². The Labute approximate surface area is 158 Å². The Morgan fingerprint density at radius 1 is 1.11 bits per heavy atom. The summed E-state index contributed by atoms with van der Waals surface area (Å²) >= 11 is 0. The van der Waals surface area contributed by atoms with Crippen LogP contribution in [-0.4, -0.2) is 20.7 Å². The minimum atomic E-state index is -0.00510. The van der Waals surface area contributed by atoms with Gasteiger partial charge in [-0.05, 0) is 30.5 Å². The second-order valence-electron chi connectivity index (χ2n) is 6.72. The van der Waals surface area contributed by atoms with E-state index in [4.69, 9.17) is 0 Å². The summed E-state index contributed by atoms with van der Waals surface area (Å²) in [4.78, 5) is 15.8. The summed E-state index contributed by atoms with van der Waals surface area (Å²) < 4.78 is 1.84. The van der Waals surface area contributed by atoms with Gasteiger partial charge in [0.05, 0.1) is 12.2 Å². The van der Waals surface area contributed by atoms with Crippen molar-refractivity contribution >= 4 is 22.6 Å². The van der Waals surface area contributed by atoms with Crippen LogP contribution >= 0.6 is 0 Å². The van der Waals surface area contributed by atoms with Gasteiger partial charge in [0, 0.05) is 29.6 Å². The number of H-pyrrole nitrogens is 1. The van der Waals surface area contributed by atoms with Crippen molar-refractivity contribution in [2.75, 3.05) is 5.32 Å². The molecule has 5 nitrogen and oxygen atoms in total. The van der Waals surface area contributed by atoms with Crippen LogP contribution in [0.2, 0.25) is 0 Å². The molecule has 4 aromatic rings. The number of aryl methyl sites for hydroxylation is 2. The summed E-state index contributed by atoms with van der Waals surface area (Å²) in [7, 11) is 0. The van der Waals surface area contributed by atoms with E-state index in [9.17, 15) is 4.79 Å². The molecule has 4 rings (SSSR count). The fourth-order valence-electron chi connectivity index (χ4n) is 3.32. The number of fused-ring (bicyclic) bond motifs is 1. The van der Waals surface area contributed by atoms with Crippen molar-refractivity contribution in [2.24, 2.45) is 0 Å². The molecule has 2 heterocycles. The Morgan fingerprint density at radius 2 is 1.89 bits per heavy atom. The van der Waals surface area contributed by atoms with Crippen LogP contribution in [0, 0.1) is 6.92 Å². The average Bonchev–Trinajstić information content (AvgIpc) is 3.24. The van der Waals surface area contributed by atoms with Crippen LogP contribution in [0.4, 0.5) is 5.82 Å². The van der Waals surface area contributed by atoms with Crippen LogP contribution in [0.1, 0.15) is 23.2 Å². The number of para-hydroxylation sites is 1. The predicted octanol–water partition coefficient (Wildman–Crippen LogP) is 4.29. The molecule has 0 saturated heterocycles. The molecule has 136 valence electrons. The van der Waals surface area contributed by atoms with E-state index in [1.807, 2.05) is 60.3 Å². The maximum absolute atomic E-state index is 12.5. The quantitative estimate of drug-likeness (QED) is 0.540. The molecule has 0 aliphatic heterocycles. The van der Waals surface area contributed by atoms with Gasteiger partial charge in [-0.15, -0.1) is 0 Å². The number of amides is 1. The van der Waals surface area contributed by atoms with Gasteiger partial charge < -0.3 is 10.3 Å². The molecule has 0 saturated carbocycles. The standard InChI is InChI=1S/C22H22N4O/c1-16-13-21(26(25-16)15-17-7-3-2-4-8-17)24-22(27)12-11-18-14-23-20-10-6-5-9-19(18)20/h2-10,13-14,23H,11-12,15H2,1H3,(H,24,27). The second-order valence-corrected chi connectivity index (χ2v) is 6.72. The summed E-state index contributed by atoms with van der Waals surface area (Å²) in [6.45, 7) is 2.57. The molecule has 1 amide bonds. The maximum Gasteiger partial charge on any atom is 0.225 e. The smallest absolute Gasteiger partial charge is 0.225 e. The third-order valence-corrected chi connectivity index (χ3v) is 4.64. The summed E-state index contributed by atoms with van der Waals surface area (Å²) in [6.07, 6.45) is 3.11. The van der Waals surface area contributed by atoms with Crippen molar-refractivity contribution in [3.63, 3.8) is 0 Å². The van der Waals surface area contributed by atoms with Gasteiger partial charge in [-0.3, -0.25) is 4.79 Å². The lowest BCUT2D eigenvalue weighted by atomic mass is 10.1. The summed E-state index contributed by atoms with van der Waals surface area (Å²) in [5.41, 5.74) is 4.30. The van der Waals surface area contributed by atoms with Crippen LogP contribution in [0.15, 0.2) is 66.9 Å². The molecule has 0 unspecified atom stereocenters. The highest BCUT2D eigenvalue weighted by Crippen LogP contribution is 2.19. The highest BCUT2D eigenvalue weighted by molar-refractivity contribution is 5.91. The highest BCUT2D eigenvalue weighted by Gasteiger charge is 2.11. The maximum atomic E-state index is 12.5. The molecular formula is C22H22N4O. The number of benzene rings is 2. The third-order valence-electron chi connectivity index (χ3n) is 4.64. The third kappa shape index (κ3) is 3.92. The molecular weight excluding hydrogens is 336 g/mol. The van der Waals surface area contributed by atoms with Crippen LogP contribution < -0.4 is 5.32 Å². The van der Waals surface area contributed by atoms with Crippen molar-refractivity contribution in [2.45, 2.75) is 26.3 Å². The summed E-state index contributed by atoms with van der Waals surface area (Å²) in [5, 5.41) is 8.70. The van der Waals surface area contributed by atoms with Gasteiger partial charge in [0.1, 0.15) is 5.82 Å². The first-order valence-corrected chi connectivity index (χ1v) is 9.12. The lowest BCUT2D eigenvalue weighted by Gasteiger charge is -2.09. The minimum absolute atomic E-state index is 0.00510. The summed E-state index contributed by atoms with van der Waals surface area (Å²) in [6, 6.07) is 20.2. The van der Waals surface area contributed by atoms with Crippen molar-refractivity contribution in [1.29, 1.82) is 0 Å². The number of hydrogen-bond donors (Lipinski definition) is 2. The number of carbonyl (C=O) groups is 1. The molecule has 0 radical (unpaired) electrons. The first kappa shape index (κ1) is 17.1. The molecule has 0 atom stereocenters. The SMILES string of the molecule is Cc1cc(NC(=O)CCc2c[nH]c3ccccc23)n(Cc2ccccc2)n1. The molecule has 2 N–H and O–H groups in total. The number of carbonyl (C=O) groups excluding carboxylic acids is 1. The van der Waals surface area contributed by atoms with Crippen molar-refractivity contribution in [3.8, 4) is 0 Å². The zero-order chi connectivity index (χ0) is 18.6. The minimum Gasteiger partial charge on any atom is -0.361 e. The van der Waals surface area contributed by atoms with Gasteiger partial charge in [-0.1, -0.05) is 48.5 Å². The molecule has 0 aliphatic rings. The van der Waals surface area contributed by atoms with Crippen LogP contribution in [0.3, 0.4) is 0 Å². The normalized spacial score (nSPS) is 11.0. The molecule has 2 aromatic carbocycles. The van der Waals surface area contributed by atoms with Gasteiger partial charge in [0.25, 0.3) is 0 Å². The largest absolute Gasteiger partial charge is 0.361 e. The Kier molecular flexibility index (Phi) is 4.75. The van der Waals surface area contributed by atoms with Crippen molar-refractivity contribution in [3.05, 3.63) is 83.7 Å².